The van der Waals surface area contributed by atoms with Crippen molar-refractivity contribution in [3.05, 3.63) is 0 Å². The number of aliphatic carboxylic acids is 1. The zero-order valence-corrected chi connectivity index (χ0v) is 9.28. The molecular weight excluding hydrogens is 212 g/mol. The third-order valence-electron chi connectivity index (χ3n) is 2.39. The lowest BCUT2D eigenvalue weighted by atomic mass is 10.2. The molecule has 0 atom stereocenters. The van der Waals surface area contributed by atoms with Crippen molar-refractivity contribution in [2.45, 2.75) is 19.3 Å². The van der Waals surface area contributed by atoms with Crippen LogP contribution in [0, 0.1) is 0 Å². The van der Waals surface area contributed by atoms with E-state index in [-0.39, 0.29) is 12.5 Å². The molecule has 6 heteroatoms. The van der Waals surface area contributed by atoms with Gasteiger partial charge in [-0.1, -0.05) is 0 Å². The van der Waals surface area contributed by atoms with Crippen LogP contribution in [0.4, 0.5) is 4.79 Å². The summed E-state index contributed by atoms with van der Waals surface area (Å²) in [7, 11) is 0. The van der Waals surface area contributed by atoms with Crippen molar-refractivity contribution < 1.29 is 19.4 Å². The van der Waals surface area contributed by atoms with Gasteiger partial charge in [0.15, 0.2) is 0 Å². The lowest BCUT2D eigenvalue weighted by molar-refractivity contribution is -0.137. The summed E-state index contributed by atoms with van der Waals surface area (Å²) in [6, 6.07) is -0.0846. The number of carboxylic acid groups (broad SMARTS) is 1. The molecule has 0 radical (unpaired) electrons. The number of unbranched alkanes of at least 4 members (excludes halogenated alkanes) is 1. The Kier molecular flexibility index (Phi) is 5.63. The normalized spacial score (nSPS) is 15.9. The summed E-state index contributed by atoms with van der Waals surface area (Å²) in [4.78, 5) is 23.5. The van der Waals surface area contributed by atoms with E-state index < -0.39 is 5.97 Å². The van der Waals surface area contributed by atoms with Crippen molar-refractivity contribution >= 4 is 12.0 Å². The van der Waals surface area contributed by atoms with E-state index in [2.05, 4.69) is 5.32 Å². The molecule has 1 aliphatic rings. The molecule has 16 heavy (non-hydrogen) atoms. The van der Waals surface area contributed by atoms with Crippen LogP contribution in [-0.4, -0.2) is 54.9 Å². The van der Waals surface area contributed by atoms with E-state index in [9.17, 15) is 9.59 Å². The number of nitrogens with one attached hydrogen (secondary N) is 1. The number of hydrogen-bond donors (Lipinski definition) is 2. The van der Waals surface area contributed by atoms with E-state index >= 15 is 0 Å². The third kappa shape index (κ3) is 4.97. The van der Waals surface area contributed by atoms with E-state index in [1.54, 1.807) is 4.90 Å². The van der Waals surface area contributed by atoms with Gasteiger partial charge in [0, 0.05) is 26.1 Å². The largest absolute Gasteiger partial charge is 0.481 e. The predicted octanol–water partition coefficient (Wildman–Crippen LogP) is 0.283. The molecular formula is C10H18N2O4. The standard InChI is InChI=1S/C10H18N2O4/c13-9(14)3-1-2-4-11-10(15)12-5-7-16-8-6-12/h1-8H2,(H,11,15)(H,13,14). The summed E-state index contributed by atoms with van der Waals surface area (Å²) < 4.78 is 5.13. The van der Waals surface area contributed by atoms with Gasteiger partial charge in [0.25, 0.3) is 0 Å². The van der Waals surface area contributed by atoms with Gasteiger partial charge in [-0.3, -0.25) is 4.79 Å². The van der Waals surface area contributed by atoms with Crippen molar-refractivity contribution in [2.75, 3.05) is 32.8 Å². The topological polar surface area (TPSA) is 78.9 Å². The number of ether oxygens (including phenoxy) is 1. The number of carbonyl (C=O) groups excluding carboxylic acids is 1. The van der Waals surface area contributed by atoms with Crippen LogP contribution in [0.25, 0.3) is 0 Å². The maximum atomic E-state index is 11.5. The molecule has 0 bridgehead atoms. The number of urea groups is 1. The van der Waals surface area contributed by atoms with Crippen molar-refractivity contribution in [3.63, 3.8) is 0 Å². The molecule has 1 aliphatic heterocycles. The van der Waals surface area contributed by atoms with Crippen LogP contribution in [0.5, 0.6) is 0 Å². The average molecular weight is 230 g/mol. The minimum atomic E-state index is -0.792. The zero-order chi connectivity index (χ0) is 11.8. The fourth-order valence-electron chi connectivity index (χ4n) is 1.47. The molecule has 2 amide bonds. The van der Waals surface area contributed by atoms with Crippen LogP contribution in [0.15, 0.2) is 0 Å². The van der Waals surface area contributed by atoms with Gasteiger partial charge in [-0.15, -0.1) is 0 Å². The number of carbonyl (C=O) groups is 2. The van der Waals surface area contributed by atoms with Crippen molar-refractivity contribution in [2.24, 2.45) is 0 Å². The Hall–Kier alpha value is -1.30. The molecule has 0 spiro atoms. The van der Waals surface area contributed by atoms with E-state index in [1.165, 1.54) is 0 Å². The van der Waals surface area contributed by atoms with Crippen LogP contribution < -0.4 is 5.32 Å². The zero-order valence-electron chi connectivity index (χ0n) is 9.28. The van der Waals surface area contributed by atoms with Crippen LogP contribution in [0.3, 0.4) is 0 Å². The molecule has 1 heterocycles. The van der Waals surface area contributed by atoms with Gasteiger partial charge in [-0.25, -0.2) is 4.79 Å². The van der Waals surface area contributed by atoms with Gasteiger partial charge in [0.05, 0.1) is 13.2 Å². The fraction of sp³-hybridized carbons (Fsp3) is 0.800. The Labute approximate surface area is 94.6 Å². The molecule has 92 valence electrons. The van der Waals surface area contributed by atoms with Gasteiger partial charge in [-0.05, 0) is 12.8 Å². The minimum absolute atomic E-state index is 0.0846. The van der Waals surface area contributed by atoms with E-state index in [1.807, 2.05) is 0 Å². The Morgan fingerprint density at radius 1 is 1.25 bits per heavy atom. The number of nitrogens with zero attached hydrogens (tertiary/aromatic N) is 1. The highest BCUT2D eigenvalue weighted by Gasteiger charge is 2.15. The predicted molar refractivity (Wildman–Crippen MR) is 57.3 cm³/mol. The summed E-state index contributed by atoms with van der Waals surface area (Å²) in [6.07, 6.45) is 1.45. The number of morpholine rings is 1. The number of amides is 2. The minimum Gasteiger partial charge on any atom is -0.481 e. The summed E-state index contributed by atoms with van der Waals surface area (Å²) in [5.41, 5.74) is 0. The van der Waals surface area contributed by atoms with Gasteiger partial charge in [0.1, 0.15) is 0 Å². The first kappa shape index (κ1) is 12.8. The molecule has 1 fully saturated rings. The number of rotatable bonds is 5. The van der Waals surface area contributed by atoms with E-state index in [0.717, 1.165) is 0 Å². The molecule has 2 N–H and O–H groups in total. The summed E-state index contributed by atoms with van der Waals surface area (Å²) in [5.74, 6) is -0.792. The van der Waals surface area contributed by atoms with Gasteiger partial charge >= 0.3 is 12.0 Å². The van der Waals surface area contributed by atoms with Crippen molar-refractivity contribution in [3.8, 4) is 0 Å². The van der Waals surface area contributed by atoms with Crippen LogP contribution in [0.2, 0.25) is 0 Å². The Morgan fingerprint density at radius 3 is 2.56 bits per heavy atom. The van der Waals surface area contributed by atoms with Crippen LogP contribution >= 0.6 is 0 Å². The lowest BCUT2D eigenvalue weighted by Crippen LogP contribution is -2.46. The smallest absolute Gasteiger partial charge is 0.317 e. The summed E-state index contributed by atoms with van der Waals surface area (Å²) >= 11 is 0. The molecule has 0 aliphatic carbocycles. The molecule has 6 nitrogen and oxygen atoms in total. The second kappa shape index (κ2) is 7.05. The Bertz CT molecular complexity index is 239. The summed E-state index contributed by atoms with van der Waals surface area (Å²) in [5, 5.41) is 11.2. The molecule has 1 saturated heterocycles. The molecule has 0 aromatic carbocycles. The van der Waals surface area contributed by atoms with E-state index in [0.29, 0.717) is 45.7 Å². The van der Waals surface area contributed by atoms with Crippen LogP contribution in [0.1, 0.15) is 19.3 Å². The quantitative estimate of drug-likeness (QED) is 0.665. The van der Waals surface area contributed by atoms with Crippen LogP contribution in [-0.2, 0) is 9.53 Å². The first-order valence-corrected chi connectivity index (χ1v) is 5.52. The third-order valence-corrected chi connectivity index (χ3v) is 2.39. The van der Waals surface area contributed by atoms with Crippen molar-refractivity contribution in [1.82, 2.24) is 10.2 Å². The molecule has 1 rings (SSSR count). The van der Waals surface area contributed by atoms with Gasteiger partial charge in [0.2, 0.25) is 0 Å². The van der Waals surface area contributed by atoms with Gasteiger partial charge in [-0.2, -0.15) is 0 Å². The Balaban J connectivity index is 2.03. The number of carboxylic acids is 1. The maximum absolute atomic E-state index is 11.5. The second-order valence-corrected chi connectivity index (χ2v) is 3.68. The van der Waals surface area contributed by atoms with Crippen molar-refractivity contribution in [1.29, 1.82) is 0 Å². The summed E-state index contributed by atoms with van der Waals surface area (Å²) in [6.45, 7) is 2.96. The first-order chi connectivity index (χ1) is 7.70. The first-order valence-electron chi connectivity index (χ1n) is 5.52. The van der Waals surface area contributed by atoms with Gasteiger partial charge < -0.3 is 20.1 Å². The molecule has 0 saturated carbocycles. The highest BCUT2D eigenvalue weighted by atomic mass is 16.5. The highest BCUT2D eigenvalue weighted by Crippen LogP contribution is 1.98. The lowest BCUT2D eigenvalue weighted by Gasteiger charge is -2.26. The second-order valence-electron chi connectivity index (χ2n) is 3.68. The highest BCUT2D eigenvalue weighted by molar-refractivity contribution is 5.74. The maximum Gasteiger partial charge on any atom is 0.317 e. The number of hydrogen-bond acceptors (Lipinski definition) is 3. The average Bonchev–Trinajstić information content (AvgIpc) is 2.29. The molecule has 0 aromatic rings. The SMILES string of the molecule is O=C(O)CCCCNC(=O)N1CCOCC1. The Morgan fingerprint density at radius 2 is 1.94 bits per heavy atom. The monoisotopic (exact) mass is 230 g/mol. The van der Waals surface area contributed by atoms with E-state index in [4.69, 9.17) is 9.84 Å². The molecule has 0 unspecified atom stereocenters. The molecule has 0 aromatic heterocycles. The fourth-order valence-corrected chi connectivity index (χ4v) is 1.47.